The number of ether oxygens (including phenoxy) is 1. The largest absolute Gasteiger partial charge is 0.384 e. The first-order valence-corrected chi connectivity index (χ1v) is 5.09. The summed E-state index contributed by atoms with van der Waals surface area (Å²) < 4.78 is 4.80. The molecule has 4 heteroatoms. The van der Waals surface area contributed by atoms with Crippen molar-refractivity contribution < 1.29 is 9.53 Å². The molecule has 0 bridgehead atoms. The summed E-state index contributed by atoms with van der Waals surface area (Å²) in [5, 5.41) is 3.15. The molecule has 1 saturated heterocycles. The van der Waals surface area contributed by atoms with Crippen molar-refractivity contribution in [3.8, 4) is 0 Å². The molecule has 0 aromatic carbocycles. The van der Waals surface area contributed by atoms with Crippen LogP contribution in [0.2, 0.25) is 0 Å². The molecule has 0 radical (unpaired) electrons. The Morgan fingerprint density at radius 3 is 2.21 bits per heavy atom. The number of hydrogen-bond acceptors (Lipinski definition) is 3. The van der Waals surface area contributed by atoms with Gasteiger partial charge < -0.3 is 15.0 Å². The van der Waals surface area contributed by atoms with Crippen LogP contribution in [-0.2, 0) is 9.53 Å². The third-order valence-electron chi connectivity index (χ3n) is 1.80. The van der Waals surface area contributed by atoms with Gasteiger partial charge in [0.05, 0.1) is 0 Å². The Kier molecular flexibility index (Phi) is 8.57. The van der Waals surface area contributed by atoms with E-state index in [2.05, 4.69) is 19.2 Å². The van der Waals surface area contributed by atoms with Gasteiger partial charge in [-0.25, -0.2) is 0 Å². The number of nitrogens with one attached hydrogen (secondary N) is 1. The third-order valence-corrected chi connectivity index (χ3v) is 1.80. The molecule has 1 aliphatic rings. The zero-order valence-electron chi connectivity index (χ0n) is 9.45. The third kappa shape index (κ3) is 8.01. The summed E-state index contributed by atoms with van der Waals surface area (Å²) >= 11 is 0. The first-order chi connectivity index (χ1) is 6.70. The SMILES string of the molecule is COCC(C)C.O=CN1CCNCC1. The molecule has 84 valence electrons. The van der Waals surface area contributed by atoms with Crippen molar-refractivity contribution in [3.05, 3.63) is 0 Å². The zero-order valence-corrected chi connectivity index (χ0v) is 9.45. The van der Waals surface area contributed by atoms with Gasteiger partial charge in [-0.2, -0.15) is 0 Å². The summed E-state index contributed by atoms with van der Waals surface area (Å²) in [4.78, 5) is 11.8. The van der Waals surface area contributed by atoms with Gasteiger partial charge in [-0.3, -0.25) is 4.79 Å². The van der Waals surface area contributed by atoms with Crippen LogP contribution in [0.4, 0.5) is 0 Å². The molecular formula is C10H22N2O2. The first-order valence-electron chi connectivity index (χ1n) is 5.09. The highest BCUT2D eigenvalue weighted by molar-refractivity contribution is 5.47. The molecule has 1 amide bonds. The van der Waals surface area contributed by atoms with Gasteiger partial charge in [-0.1, -0.05) is 13.8 Å². The van der Waals surface area contributed by atoms with Crippen LogP contribution in [0.15, 0.2) is 0 Å². The Labute approximate surface area is 86.6 Å². The van der Waals surface area contributed by atoms with E-state index in [0.717, 1.165) is 39.2 Å². The van der Waals surface area contributed by atoms with E-state index < -0.39 is 0 Å². The van der Waals surface area contributed by atoms with E-state index in [4.69, 9.17) is 4.74 Å². The number of amides is 1. The summed E-state index contributed by atoms with van der Waals surface area (Å²) in [6.07, 6.45) is 0.904. The van der Waals surface area contributed by atoms with Gasteiger partial charge in [-0.15, -0.1) is 0 Å². The molecule has 0 aromatic rings. The highest BCUT2D eigenvalue weighted by Crippen LogP contribution is 1.88. The Hall–Kier alpha value is -0.610. The molecule has 1 rings (SSSR count). The molecule has 0 unspecified atom stereocenters. The molecule has 0 spiro atoms. The van der Waals surface area contributed by atoms with Crippen LogP contribution in [-0.4, -0.2) is 51.2 Å². The van der Waals surface area contributed by atoms with E-state index in [1.165, 1.54) is 0 Å². The fraction of sp³-hybridized carbons (Fsp3) is 0.900. The van der Waals surface area contributed by atoms with Gasteiger partial charge in [0.25, 0.3) is 0 Å². The van der Waals surface area contributed by atoms with E-state index in [-0.39, 0.29) is 0 Å². The van der Waals surface area contributed by atoms with Gasteiger partial charge in [0.15, 0.2) is 0 Å². The molecule has 0 saturated carbocycles. The predicted octanol–water partition coefficient (Wildman–Crippen LogP) is 0.337. The van der Waals surface area contributed by atoms with Gasteiger partial charge in [0, 0.05) is 39.9 Å². The molecule has 1 aliphatic heterocycles. The van der Waals surface area contributed by atoms with Gasteiger partial charge in [-0.05, 0) is 5.92 Å². The smallest absolute Gasteiger partial charge is 0.209 e. The average molecular weight is 202 g/mol. The lowest BCUT2D eigenvalue weighted by molar-refractivity contribution is -0.118. The molecule has 14 heavy (non-hydrogen) atoms. The minimum atomic E-state index is 0.676. The summed E-state index contributed by atoms with van der Waals surface area (Å²) in [5.41, 5.74) is 0. The maximum Gasteiger partial charge on any atom is 0.209 e. The highest BCUT2D eigenvalue weighted by atomic mass is 16.5. The summed E-state index contributed by atoms with van der Waals surface area (Å²) in [7, 11) is 1.72. The second kappa shape index (κ2) is 8.97. The number of piperazine rings is 1. The Bertz CT molecular complexity index is 134. The number of carbonyl (C=O) groups is 1. The van der Waals surface area contributed by atoms with Crippen molar-refractivity contribution >= 4 is 6.41 Å². The standard InChI is InChI=1S/C5H10N2O.C5H12O/c8-5-7-3-1-6-2-4-7;1-5(2)4-6-3/h5-6H,1-4H2;5H,4H2,1-3H3. The first kappa shape index (κ1) is 13.4. The lowest BCUT2D eigenvalue weighted by Gasteiger charge is -2.22. The monoisotopic (exact) mass is 202 g/mol. The minimum absolute atomic E-state index is 0.676. The second-order valence-electron chi connectivity index (χ2n) is 3.74. The van der Waals surface area contributed by atoms with Crippen LogP contribution >= 0.6 is 0 Å². The zero-order chi connectivity index (χ0) is 10.8. The number of methoxy groups -OCH3 is 1. The lowest BCUT2D eigenvalue weighted by atomic mass is 10.2. The Balaban J connectivity index is 0.000000255. The quantitative estimate of drug-likeness (QED) is 0.671. The molecule has 0 aromatic heterocycles. The fourth-order valence-corrected chi connectivity index (χ4v) is 1.12. The second-order valence-corrected chi connectivity index (χ2v) is 3.74. The molecule has 0 aliphatic carbocycles. The van der Waals surface area contributed by atoms with Crippen LogP contribution in [0.5, 0.6) is 0 Å². The topological polar surface area (TPSA) is 41.6 Å². The van der Waals surface area contributed by atoms with E-state index in [0.29, 0.717) is 5.92 Å². The molecule has 4 nitrogen and oxygen atoms in total. The Morgan fingerprint density at radius 1 is 1.43 bits per heavy atom. The number of carbonyl (C=O) groups excluding carboxylic acids is 1. The van der Waals surface area contributed by atoms with E-state index in [1.54, 1.807) is 12.0 Å². The van der Waals surface area contributed by atoms with Crippen LogP contribution < -0.4 is 5.32 Å². The maximum absolute atomic E-state index is 10.1. The average Bonchev–Trinajstić information content (AvgIpc) is 2.20. The molecular weight excluding hydrogens is 180 g/mol. The normalized spacial score (nSPS) is 16.1. The highest BCUT2D eigenvalue weighted by Gasteiger charge is 2.04. The van der Waals surface area contributed by atoms with E-state index in [1.807, 2.05) is 0 Å². The summed E-state index contributed by atoms with van der Waals surface area (Å²) in [5.74, 6) is 0.676. The molecule has 1 heterocycles. The van der Waals surface area contributed by atoms with Crippen molar-refractivity contribution in [2.45, 2.75) is 13.8 Å². The van der Waals surface area contributed by atoms with Crippen LogP contribution in [0.3, 0.4) is 0 Å². The van der Waals surface area contributed by atoms with Crippen LogP contribution in [0.25, 0.3) is 0 Å². The molecule has 1 N–H and O–H groups in total. The maximum atomic E-state index is 10.1. The van der Waals surface area contributed by atoms with Gasteiger partial charge in [0.1, 0.15) is 0 Å². The molecule has 0 atom stereocenters. The fourth-order valence-electron chi connectivity index (χ4n) is 1.12. The van der Waals surface area contributed by atoms with Crippen molar-refractivity contribution in [1.29, 1.82) is 0 Å². The summed E-state index contributed by atoms with van der Waals surface area (Å²) in [6, 6.07) is 0. The predicted molar refractivity (Wildman–Crippen MR) is 57.2 cm³/mol. The number of nitrogens with zero attached hydrogens (tertiary/aromatic N) is 1. The molecule has 1 fully saturated rings. The number of hydrogen-bond donors (Lipinski definition) is 1. The Morgan fingerprint density at radius 2 is 2.00 bits per heavy atom. The van der Waals surface area contributed by atoms with E-state index >= 15 is 0 Å². The van der Waals surface area contributed by atoms with Crippen molar-refractivity contribution in [1.82, 2.24) is 10.2 Å². The summed E-state index contributed by atoms with van der Waals surface area (Å²) in [6.45, 7) is 8.75. The lowest BCUT2D eigenvalue weighted by Crippen LogP contribution is -2.42. The van der Waals surface area contributed by atoms with E-state index in [9.17, 15) is 4.79 Å². The minimum Gasteiger partial charge on any atom is -0.384 e. The van der Waals surface area contributed by atoms with Crippen molar-refractivity contribution in [2.75, 3.05) is 39.9 Å². The van der Waals surface area contributed by atoms with Crippen LogP contribution in [0, 0.1) is 5.92 Å². The van der Waals surface area contributed by atoms with Crippen LogP contribution in [0.1, 0.15) is 13.8 Å². The number of rotatable bonds is 3. The van der Waals surface area contributed by atoms with Gasteiger partial charge >= 0.3 is 0 Å². The van der Waals surface area contributed by atoms with Crippen molar-refractivity contribution in [2.24, 2.45) is 5.92 Å². The van der Waals surface area contributed by atoms with Crippen molar-refractivity contribution in [3.63, 3.8) is 0 Å². The van der Waals surface area contributed by atoms with Gasteiger partial charge in [0.2, 0.25) is 6.41 Å².